The predicted octanol–water partition coefficient (Wildman–Crippen LogP) is 0.785. The van der Waals surface area contributed by atoms with E-state index in [0.29, 0.717) is 9.13 Å². The molecule has 64 valence electrons. The third-order valence-corrected chi connectivity index (χ3v) is 2.31. The van der Waals surface area contributed by atoms with Gasteiger partial charge in [0.2, 0.25) is 12.1 Å². The van der Waals surface area contributed by atoms with Gasteiger partial charge in [0.1, 0.15) is 0 Å². The van der Waals surface area contributed by atoms with Gasteiger partial charge in [0, 0.05) is 9.13 Å². The summed E-state index contributed by atoms with van der Waals surface area (Å²) in [6.45, 7) is 0. The molecule has 4 heteroatoms. The van der Waals surface area contributed by atoms with E-state index in [1.165, 1.54) is 0 Å². The fraction of sp³-hybridized carbons (Fsp3) is 0.125. The first-order valence-electron chi connectivity index (χ1n) is 3.28. The minimum Gasteiger partial charge on any atom is -0.362 e. The minimum atomic E-state index is -1.92. The Bertz CT molecular complexity index is 296. The van der Waals surface area contributed by atoms with Crippen LogP contribution in [0.3, 0.4) is 0 Å². The second kappa shape index (κ2) is 3.97. The Morgan fingerprint density at radius 1 is 1.33 bits per heavy atom. The van der Waals surface area contributed by atoms with Crippen LogP contribution < -0.4 is 0 Å². The molecular weight excluding hydrogens is 271 g/mol. The monoisotopic (exact) mass is 278 g/mol. The molecule has 12 heavy (non-hydrogen) atoms. The van der Waals surface area contributed by atoms with Crippen LogP contribution in [0.1, 0.15) is 10.4 Å². The molecule has 0 unspecified atom stereocenters. The molecule has 0 aliphatic rings. The molecule has 0 saturated carbocycles. The van der Waals surface area contributed by atoms with Gasteiger partial charge >= 0.3 is 0 Å². The Labute approximate surface area is 83.2 Å². The van der Waals surface area contributed by atoms with Crippen LogP contribution in [0.25, 0.3) is 0 Å². The van der Waals surface area contributed by atoms with E-state index in [9.17, 15) is 4.79 Å². The van der Waals surface area contributed by atoms with E-state index in [-0.39, 0.29) is 0 Å². The van der Waals surface area contributed by atoms with Crippen LogP contribution in [0, 0.1) is 3.57 Å². The average molecular weight is 278 g/mol. The molecule has 3 nitrogen and oxygen atoms in total. The Morgan fingerprint density at radius 2 is 1.92 bits per heavy atom. The van der Waals surface area contributed by atoms with Gasteiger partial charge in [-0.25, -0.2) is 0 Å². The van der Waals surface area contributed by atoms with Crippen LogP contribution in [-0.4, -0.2) is 22.3 Å². The lowest BCUT2D eigenvalue weighted by atomic mass is 10.1. The first kappa shape index (κ1) is 9.63. The average Bonchev–Trinajstić information content (AvgIpc) is 2.04. The maximum absolute atomic E-state index is 11.1. The van der Waals surface area contributed by atoms with Crippen LogP contribution in [-0.2, 0) is 0 Å². The molecule has 0 atom stereocenters. The number of Topliss-reactive ketones (excluding diaryl/α,β-unsaturated/α-hetero) is 1. The van der Waals surface area contributed by atoms with Crippen LogP contribution >= 0.6 is 22.6 Å². The normalized spacial score (nSPS) is 10.3. The van der Waals surface area contributed by atoms with E-state index in [2.05, 4.69) is 0 Å². The molecule has 1 aromatic rings. The van der Waals surface area contributed by atoms with Gasteiger partial charge in [0.05, 0.1) is 0 Å². The van der Waals surface area contributed by atoms with E-state index in [1.807, 2.05) is 22.6 Å². The third kappa shape index (κ3) is 2.02. The zero-order chi connectivity index (χ0) is 9.14. The zero-order valence-corrected chi connectivity index (χ0v) is 8.22. The fourth-order valence-electron chi connectivity index (χ4n) is 0.800. The first-order valence-corrected chi connectivity index (χ1v) is 4.35. The number of ketones is 1. The summed E-state index contributed by atoms with van der Waals surface area (Å²) in [4.78, 5) is 11.1. The van der Waals surface area contributed by atoms with Crippen molar-refractivity contribution >= 4 is 28.4 Å². The number of carbonyl (C=O) groups is 1. The van der Waals surface area contributed by atoms with E-state index >= 15 is 0 Å². The molecule has 0 aromatic heterocycles. The number of aliphatic hydroxyl groups is 2. The third-order valence-electron chi connectivity index (χ3n) is 1.37. The molecule has 1 aromatic carbocycles. The van der Waals surface area contributed by atoms with Crippen LogP contribution in [0.4, 0.5) is 0 Å². The van der Waals surface area contributed by atoms with Crippen LogP contribution in [0.2, 0.25) is 0 Å². The van der Waals surface area contributed by atoms with Gasteiger partial charge in [-0.15, -0.1) is 0 Å². The second-order valence-corrected chi connectivity index (χ2v) is 3.38. The summed E-state index contributed by atoms with van der Waals surface area (Å²) in [7, 11) is 0. The smallest absolute Gasteiger partial charge is 0.219 e. The molecule has 0 bridgehead atoms. The van der Waals surface area contributed by atoms with E-state index in [4.69, 9.17) is 10.2 Å². The van der Waals surface area contributed by atoms with Gasteiger partial charge < -0.3 is 10.2 Å². The molecule has 0 heterocycles. The van der Waals surface area contributed by atoms with Crippen molar-refractivity contribution in [1.29, 1.82) is 0 Å². The summed E-state index contributed by atoms with van der Waals surface area (Å²) >= 11 is 1.97. The molecule has 0 aliphatic carbocycles. The highest BCUT2D eigenvalue weighted by Crippen LogP contribution is 2.12. The summed E-state index contributed by atoms with van der Waals surface area (Å²) in [6, 6.07) is 6.75. The van der Waals surface area contributed by atoms with Crippen molar-refractivity contribution in [1.82, 2.24) is 0 Å². The highest BCUT2D eigenvalue weighted by molar-refractivity contribution is 14.1. The van der Waals surface area contributed by atoms with E-state index < -0.39 is 12.1 Å². The highest BCUT2D eigenvalue weighted by Gasteiger charge is 2.15. The Kier molecular flexibility index (Phi) is 3.19. The van der Waals surface area contributed by atoms with Gasteiger partial charge in [0.25, 0.3) is 0 Å². The molecule has 2 N–H and O–H groups in total. The summed E-state index contributed by atoms with van der Waals surface area (Å²) in [6.07, 6.45) is -1.92. The lowest BCUT2D eigenvalue weighted by Gasteiger charge is -2.03. The van der Waals surface area contributed by atoms with Gasteiger partial charge in [0.15, 0.2) is 0 Å². The standard InChI is InChI=1S/C8H7IO3/c9-6-4-2-1-3-5(6)7(10)8(11)12/h1-4,8,11-12H. The SMILES string of the molecule is O=C(c1ccccc1I)C(O)O. The van der Waals surface area contributed by atoms with Crippen molar-refractivity contribution in [3.63, 3.8) is 0 Å². The van der Waals surface area contributed by atoms with Crippen molar-refractivity contribution in [2.75, 3.05) is 0 Å². The van der Waals surface area contributed by atoms with E-state index in [0.717, 1.165) is 0 Å². The van der Waals surface area contributed by atoms with Gasteiger partial charge in [-0.05, 0) is 28.7 Å². The largest absolute Gasteiger partial charge is 0.362 e. The number of aliphatic hydroxyl groups excluding tert-OH is 1. The number of halogens is 1. The van der Waals surface area contributed by atoms with Gasteiger partial charge in [-0.2, -0.15) is 0 Å². The van der Waals surface area contributed by atoms with Crippen molar-refractivity contribution in [2.24, 2.45) is 0 Å². The summed E-state index contributed by atoms with van der Waals surface area (Å²) in [5.41, 5.74) is 0.341. The summed E-state index contributed by atoms with van der Waals surface area (Å²) in [5.74, 6) is -0.667. The second-order valence-electron chi connectivity index (χ2n) is 2.22. The number of rotatable bonds is 2. The Hall–Kier alpha value is -0.460. The maximum atomic E-state index is 11.1. The van der Waals surface area contributed by atoms with Crippen molar-refractivity contribution in [3.05, 3.63) is 33.4 Å². The molecule has 0 fully saturated rings. The van der Waals surface area contributed by atoms with Crippen molar-refractivity contribution in [3.8, 4) is 0 Å². The van der Waals surface area contributed by atoms with Crippen LogP contribution in [0.15, 0.2) is 24.3 Å². The molecule has 1 rings (SSSR count). The molecule has 0 saturated heterocycles. The lowest BCUT2D eigenvalue weighted by Crippen LogP contribution is -2.20. The minimum absolute atomic E-state index is 0.341. The number of hydrogen-bond acceptors (Lipinski definition) is 3. The van der Waals surface area contributed by atoms with Gasteiger partial charge in [-0.1, -0.05) is 18.2 Å². The molecule has 0 aliphatic heterocycles. The quantitative estimate of drug-likeness (QED) is 0.477. The molecule has 0 radical (unpaired) electrons. The first-order chi connectivity index (χ1) is 5.63. The van der Waals surface area contributed by atoms with Crippen LogP contribution in [0.5, 0.6) is 0 Å². The maximum Gasteiger partial charge on any atom is 0.219 e. The Balaban J connectivity index is 3.03. The molecule has 0 amide bonds. The predicted molar refractivity (Wildman–Crippen MR) is 51.7 cm³/mol. The topological polar surface area (TPSA) is 57.5 Å². The van der Waals surface area contributed by atoms with Gasteiger partial charge in [-0.3, -0.25) is 4.79 Å². The summed E-state index contributed by atoms with van der Waals surface area (Å²) < 4.78 is 0.716. The lowest BCUT2D eigenvalue weighted by molar-refractivity contribution is -0.0195. The number of carbonyl (C=O) groups excluding carboxylic acids is 1. The fourth-order valence-corrected chi connectivity index (χ4v) is 1.45. The van der Waals surface area contributed by atoms with Crippen molar-refractivity contribution < 1.29 is 15.0 Å². The van der Waals surface area contributed by atoms with E-state index in [1.54, 1.807) is 24.3 Å². The number of benzene rings is 1. The Morgan fingerprint density at radius 3 is 2.42 bits per heavy atom. The highest BCUT2D eigenvalue weighted by atomic mass is 127. The zero-order valence-electron chi connectivity index (χ0n) is 6.07. The van der Waals surface area contributed by atoms with Crippen molar-refractivity contribution in [2.45, 2.75) is 6.29 Å². The number of hydrogen-bond donors (Lipinski definition) is 2. The molecule has 0 spiro atoms. The molecular formula is C8H7IO3. The summed E-state index contributed by atoms with van der Waals surface area (Å²) in [5, 5.41) is 17.2.